The molecule has 0 aliphatic carbocycles. The van der Waals surface area contributed by atoms with Crippen LogP contribution in [0.15, 0.2) is 24.3 Å². The SMILES string of the molecule is Cc1ccc(C(=O)N(C)CC2CCCN2)cc1. The monoisotopic (exact) mass is 232 g/mol. The Labute approximate surface area is 103 Å². The van der Waals surface area contributed by atoms with Crippen LogP contribution in [0.2, 0.25) is 0 Å². The molecule has 0 spiro atoms. The Morgan fingerprint density at radius 1 is 1.41 bits per heavy atom. The first kappa shape index (κ1) is 12.1. The van der Waals surface area contributed by atoms with Crippen LogP contribution in [0.4, 0.5) is 0 Å². The van der Waals surface area contributed by atoms with Gasteiger partial charge in [-0.1, -0.05) is 17.7 Å². The van der Waals surface area contributed by atoms with Crippen LogP contribution >= 0.6 is 0 Å². The molecule has 3 nitrogen and oxygen atoms in total. The molecule has 3 heteroatoms. The molecular formula is C14H20N2O. The van der Waals surface area contributed by atoms with E-state index in [1.165, 1.54) is 18.4 Å². The maximum absolute atomic E-state index is 12.1. The zero-order valence-corrected chi connectivity index (χ0v) is 10.6. The summed E-state index contributed by atoms with van der Waals surface area (Å²) in [6.07, 6.45) is 2.39. The van der Waals surface area contributed by atoms with Crippen molar-refractivity contribution in [2.45, 2.75) is 25.8 Å². The summed E-state index contributed by atoms with van der Waals surface area (Å²) in [5.41, 5.74) is 1.96. The zero-order chi connectivity index (χ0) is 12.3. The maximum Gasteiger partial charge on any atom is 0.253 e. The van der Waals surface area contributed by atoms with E-state index in [0.29, 0.717) is 6.04 Å². The average molecular weight is 232 g/mol. The van der Waals surface area contributed by atoms with E-state index in [4.69, 9.17) is 0 Å². The zero-order valence-electron chi connectivity index (χ0n) is 10.6. The van der Waals surface area contributed by atoms with Gasteiger partial charge in [-0.05, 0) is 38.4 Å². The highest BCUT2D eigenvalue weighted by Gasteiger charge is 2.19. The lowest BCUT2D eigenvalue weighted by Gasteiger charge is -2.21. The summed E-state index contributed by atoms with van der Waals surface area (Å²) in [6, 6.07) is 8.23. The van der Waals surface area contributed by atoms with Crippen molar-refractivity contribution in [1.29, 1.82) is 0 Å². The number of carbonyl (C=O) groups is 1. The number of nitrogens with zero attached hydrogens (tertiary/aromatic N) is 1. The van der Waals surface area contributed by atoms with Crippen LogP contribution in [-0.4, -0.2) is 37.0 Å². The van der Waals surface area contributed by atoms with Crippen molar-refractivity contribution in [3.63, 3.8) is 0 Å². The number of rotatable bonds is 3. The van der Waals surface area contributed by atoms with E-state index in [1.807, 2.05) is 43.1 Å². The summed E-state index contributed by atoms with van der Waals surface area (Å²) in [5.74, 6) is 0.110. The minimum absolute atomic E-state index is 0.110. The molecule has 1 atom stereocenters. The molecule has 0 radical (unpaired) electrons. The van der Waals surface area contributed by atoms with Crippen LogP contribution in [0.25, 0.3) is 0 Å². The lowest BCUT2D eigenvalue weighted by molar-refractivity contribution is 0.0784. The molecule has 1 amide bonds. The Morgan fingerprint density at radius 3 is 2.71 bits per heavy atom. The van der Waals surface area contributed by atoms with Crippen molar-refractivity contribution in [3.8, 4) is 0 Å². The van der Waals surface area contributed by atoms with E-state index < -0.39 is 0 Å². The van der Waals surface area contributed by atoms with Gasteiger partial charge in [0.2, 0.25) is 0 Å². The van der Waals surface area contributed by atoms with Gasteiger partial charge in [0.15, 0.2) is 0 Å². The highest BCUT2D eigenvalue weighted by Crippen LogP contribution is 2.10. The van der Waals surface area contributed by atoms with Crippen molar-refractivity contribution in [2.24, 2.45) is 0 Å². The molecule has 0 saturated carbocycles. The number of nitrogens with one attached hydrogen (secondary N) is 1. The van der Waals surface area contributed by atoms with Crippen LogP contribution in [0, 0.1) is 6.92 Å². The average Bonchev–Trinajstić information content (AvgIpc) is 2.82. The molecule has 92 valence electrons. The summed E-state index contributed by atoms with van der Waals surface area (Å²) in [6.45, 7) is 3.91. The van der Waals surface area contributed by atoms with E-state index in [0.717, 1.165) is 18.7 Å². The van der Waals surface area contributed by atoms with Gasteiger partial charge in [0, 0.05) is 25.2 Å². The van der Waals surface area contributed by atoms with Crippen molar-refractivity contribution >= 4 is 5.91 Å². The van der Waals surface area contributed by atoms with Gasteiger partial charge in [0.25, 0.3) is 5.91 Å². The van der Waals surface area contributed by atoms with Gasteiger partial charge in [0.1, 0.15) is 0 Å². The molecule has 1 aliphatic rings. The lowest BCUT2D eigenvalue weighted by atomic mass is 10.1. The Bertz CT molecular complexity index is 380. The molecule has 1 unspecified atom stereocenters. The van der Waals surface area contributed by atoms with Crippen LogP contribution in [0.5, 0.6) is 0 Å². The molecule has 1 heterocycles. The highest BCUT2D eigenvalue weighted by molar-refractivity contribution is 5.94. The molecule has 17 heavy (non-hydrogen) atoms. The first-order valence-corrected chi connectivity index (χ1v) is 6.22. The molecule has 1 fully saturated rings. The van der Waals surface area contributed by atoms with Crippen LogP contribution in [-0.2, 0) is 0 Å². The summed E-state index contributed by atoms with van der Waals surface area (Å²) < 4.78 is 0. The third-order valence-corrected chi connectivity index (χ3v) is 3.30. The second-order valence-electron chi connectivity index (χ2n) is 4.84. The minimum Gasteiger partial charge on any atom is -0.340 e. The Balaban J connectivity index is 1.96. The fourth-order valence-corrected chi connectivity index (χ4v) is 2.24. The van der Waals surface area contributed by atoms with Crippen molar-refractivity contribution in [1.82, 2.24) is 10.2 Å². The Kier molecular flexibility index (Phi) is 3.79. The number of benzene rings is 1. The second kappa shape index (κ2) is 5.32. The quantitative estimate of drug-likeness (QED) is 0.862. The molecular weight excluding hydrogens is 212 g/mol. The fraction of sp³-hybridized carbons (Fsp3) is 0.500. The van der Waals surface area contributed by atoms with Crippen molar-refractivity contribution < 1.29 is 4.79 Å². The largest absolute Gasteiger partial charge is 0.340 e. The smallest absolute Gasteiger partial charge is 0.253 e. The number of carbonyl (C=O) groups excluding carboxylic acids is 1. The summed E-state index contributed by atoms with van der Waals surface area (Å²) in [5, 5.41) is 3.41. The molecule has 2 rings (SSSR count). The lowest BCUT2D eigenvalue weighted by Crippen LogP contribution is -2.38. The number of hydrogen-bond acceptors (Lipinski definition) is 2. The molecule has 0 bridgehead atoms. The van der Waals surface area contributed by atoms with Crippen LogP contribution in [0.3, 0.4) is 0 Å². The van der Waals surface area contributed by atoms with E-state index in [9.17, 15) is 4.79 Å². The van der Waals surface area contributed by atoms with E-state index in [-0.39, 0.29) is 5.91 Å². The first-order valence-electron chi connectivity index (χ1n) is 6.22. The van der Waals surface area contributed by atoms with Gasteiger partial charge < -0.3 is 10.2 Å². The summed E-state index contributed by atoms with van der Waals surface area (Å²) in [7, 11) is 1.88. The van der Waals surface area contributed by atoms with Crippen molar-refractivity contribution in [2.75, 3.05) is 20.1 Å². The van der Waals surface area contributed by atoms with Crippen molar-refractivity contribution in [3.05, 3.63) is 35.4 Å². The van der Waals surface area contributed by atoms with Crippen LogP contribution < -0.4 is 5.32 Å². The molecule has 1 N–H and O–H groups in total. The number of amides is 1. The number of aryl methyl sites for hydroxylation is 1. The van der Waals surface area contributed by atoms with Gasteiger partial charge in [-0.3, -0.25) is 4.79 Å². The van der Waals surface area contributed by atoms with Gasteiger partial charge >= 0.3 is 0 Å². The van der Waals surface area contributed by atoms with Gasteiger partial charge in [-0.25, -0.2) is 0 Å². The van der Waals surface area contributed by atoms with E-state index >= 15 is 0 Å². The molecule has 1 saturated heterocycles. The fourth-order valence-electron chi connectivity index (χ4n) is 2.24. The normalized spacial score (nSPS) is 19.3. The topological polar surface area (TPSA) is 32.3 Å². The van der Waals surface area contributed by atoms with E-state index in [2.05, 4.69) is 5.32 Å². The minimum atomic E-state index is 0.110. The van der Waals surface area contributed by atoms with Crippen LogP contribution in [0.1, 0.15) is 28.8 Å². The summed E-state index contributed by atoms with van der Waals surface area (Å²) in [4.78, 5) is 14.0. The molecule has 1 aromatic carbocycles. The molecule has 0 aromatic heterocycles. The molecule has 1 aliphatic heterocycles. The first-order chi connectivity index (χ1) is 8.16. The van der Waals surface area contributed by atoms with Gasteiger partial charge in [-0.15, -0.1) is 0 Å². The Morgan fingerprint density at radius 2 is 2.12 bits per heavy atom. The predicted octanol–water partition coefficient (Wildman–Crippen LogP) is 1.82. The third kappa shape index (κ3) is 3.07. The van der Waals surface area contributed by atoms with Gasteiger partial charge in [-0.2, -0.15) is 0 Å². The van der Waals surface area contributed by atoms with Gasteiger partial charge in [0.05, 0.1) is 0 Å². The maximum atomic E-state index is 12.1. The standard InChI is InChI=1S/C14H20N2O/c1-11-5-7-12(8-6-11)14(17)16(2)10-13-4-3-9-15-13/h5-8,13,15H,3-4,9-10H2,1-2H3. The predicted molar refractivity (Wildman–Crippen MR) is 69.2 cm³/mol. The number of hydrogen-bond donors (Lipinski definition) is 1. The second-order valence-corrected chi connectivity index (χ2v) is 4.84. The highest BCUT2D eigenvalue weighted by atomic mass is 16.2. The third-order valence-electron chi connectivity index (χ3n) is 3.30. The summed E-state index contributed by atoms with van der Waals surface area (Å²) >= 11 is 0. The number of likely N-dealkylation sites (N-methyl/N-ethyl adjacent to an activating group) is 1. The Hall–Kier alpha value is -1.35. The van der Waals surface area contributed by atoms with E-state index in [1.54, 1.807) is 0 Å². The molecule has 1 aromatic rings.